The molecular weight excluding hydrogens is 178 g/mol. The maximum Gasteiger partial charge on any atom is 0.266 e. The lowest BCUT2D eigenvalue weighted by molar-refractivity contribution is 0.391. The molecule has 1 aromatic heterocycles. The van der Waals surface area contributed by atoms with Gasteiger partial charge >= 0.3 is 0 Å². The van der Waals surface area contributed by atoms with Crippen molar-refractivity contribution in [2.45, 2.75) is 25.8 Å². The van der Waals surface area contributed by atoms with Gasteiger partial charge in [-0.1, -0.05) is 0 Å². The van der Waals surface area contributed by atoms with Crippen molar-refractivity contribution in [3.63, 3.8) is 0 Å². The first-order valence-electron chi connectivity index (χ1n) is 4.65. The molecule has 1 aliphatic carbocycles. The molecule has 1 heterocycles. The van der Waals surface area contributed by atoms with Crippen molar-refractivity contribution in [1.29, 1.82) is 5.26 Å². The highest BCUT2D eigenvalue weighted by molar-refractivity contribution is 4.99. The van der Waals surface area contributed by atoms with Crippen LogP contribution in [0, 0.1) is 16.7 Å². The first-order valence-corrected chi connectivity index (χ1v) is 4.65. The molecule has 1 aromatic rings. The van der Waals surface area contributed by atoms with E-state index in [2.05, 4.69) is 11.2 Å². The van der Waals surface area contributed by atoms with Gasteiger partial charge in [0, 0.05) is 24.1 Å². The van der Waals surface area contributed by atoms with Crippen molar-refractivity contribution in [2.24, 2.45) is 5.41 Å². The van der Waals surface area contributed by atoms with Crippen molar-refractivity contribution >= 4 is 0 Å². The maximum absolute atomic E-state index is 11.3. The van der Waals surface area contributed by atoms with Crippen LogP contribution in [0.4, 0.5) is 0 Å². The van der Waals surface area contributed by atoms with E-state index in [0.29, 0.717) is 13.0 Å². The van der Waals surface area contributed by atoms with Crippen LogP contribution in [0.2, 0.25) is 0 Å². The van der Waals surface area contributed by atoms with Crippen LogP contribution in [0.3, 0.4) is 0 Å². The molecular formula is C10H11N3O. The summed E-state index contributed by atoms with van der Waals surface area (Å²) in [6.07, 6.45) is 4.19. The predicted octanol–water partition coefficient (Wildman–Crippen LogP) is 0.937. The molecule has 72 valence electrons. The van der Waals surface area contributed by atoms with Crippen LogP contribution in [-0.2, 0) is 6.54 Å². The molecule has 0 atom stereocenters. The molecule has 1 aliphatic rings. The Morgan fingerprint density at radius 3 is 3.00 bits per heavy atom. The molecule has 0 radical (unpaired) electrons. The predicted molar refractivity (Wildman–Crippen MR) is 50.4 cm³/mol. The van der Waals surface area contributed by atoms with E-state index in [0.717, 1.165) is 12.8 Å². The van der Waals surface area contributed by atoms with Gasteiger partial charge in [-0.25, -0.2) is 4.68 Å². The summed E-state index contributed by atoms with van der Waals surface area (Å²) >= 11 is 0. The molecule has 14 heavy (non-hydrogen) atoms. The Balaban J connectivity index is 2.16. The SMILES string of the molecule is N#CCC1(Cn2ncccc2=O)CC1. The van der Waals surface area contributed by atoms with E-state index >= 15 is 0 Å². The number of rotatable bonds is 3. The van der Waals surface area contributed by atoms with Crippen LogP contribution >= 0.6 is 0 Å². The van der Waals surface area contributed by atoms with Crippen LogP contribution in [-0.4, -0.2) is 9.78 Å². The maximum atomic E-state index is 11.3. The molecule has 0 spiro atoms. The molecule has 0 bridgehead atoms. The lowest BCUT2D eigenvalue weighted by Crippen LogP contribution is -2.25. The molecule has 0 aliphatic heterocycles. The molecule has 2 rings (SSSR count). The van der Waals surface area contributed by atoms with Gasteiger partial charge in [-0.15, -0.1) is 0 Å². The Bertz CT molecular complexity index is 425. The zero-order chi connectivity index (χ0) is 10.0. The fraction of sp³-hybridized carbons (Fsp3) is 0.500. The minimum absolute atomic E-state index is 0.0347. The van der Waals surface area contributed by atoms with E-state index in [9.17, 15) is 4.79 Å². The molecule has 1 saturated carbocycles. The number of nitriles is 1. The second kappa shape index (κ2) is 3.26. The van der Waals surface area contributed by atoms with Gasteiger partial charge in [0.15, 0.2) is 0 Å². The van der Waals surface area contributed by atoms with Crippen LogP contribution in [0.5, 0.6) is 0 Å². The molecule has 4 nitrogen and oxygen atoms in total. The van der Waals surface area contributed by atoms with Gasteiger partial charge in [0.2, 0.25) is 0 Å². The van der Waals surface area contributed by atoms with Crippen molar-refractivity contribution < 1.29 is 0 Å². The van der Waals surface area contributed by atoms with Crippen molar-refractivity contribution in [2.75, 3.05) is 0 Å². The number of aromatic nitrogens is 2. The zero-order valence-corrected chi connectivity index (χ0v) is 7.81. The summed E-state index contributed by atoms with van der Waals surface area (Å²) in [5.74, 6) is 0. The summed E-state index contributed by atoms with van der Waals surface area (Å²) in [6, 6.07) is 5.29. The first kappa shape index (κ1) is 8.95. The highest BCUT2D eigenvalue weighted by atomic mass is 16.1. The van der Waals surface area contributed by atoms with E-state index in [1.165, 1.54) is 10.7 Å². The van der Waals surface area contributed by atoms with E-state index in [4.69, 9.17) is 5.26 Å². The summed E-state index contributed by atoms with van der Waals surface area (Å²) in [5.41, 5.74) is -0.0517. The van der Waals surface area contributed by atoms with Crippen LogP contribution in [0.15, 0.2) is 23.1 Å². The average Bonchev–Trinajstić information content (AvgIpc) is 2.90. The minimum Gasteiger partial charge on any atom is -0.268 e. The molecule has 0 N–H and O–H groups in total. The number of nitrogens with zero attached hydrogens (tertiary/aromatic N) is 3. The number of hydrogen-bond donors (Lipinski definition) is 0. The topological polar surface area (TPSA) is 58.7 Å². The Kier molecular flexibility index (Phi) is 2.08. The van der Waals surface area contributed by atoms with Gasteiger partial charge in [0.1, 0.15) is 0 Å². The molecule has 1 fully saturated rings. The second-order valence-corrected chi connectivity index (χ2v) is 3.85. The normalized spacial score (nSPS) is 17.4. The van der Waals surface area contributed by atoms with Crippen molar-refractivity contribution in [3.8, 4) is 6.07 Å². The van der Waals surface area contributed by atoms with E-state index in [-0.39, 0.29) is 11.0 Å². The smallest absolute Gasteiger partial charge is 0.266 e. The Hall–Kier alpha value is -1.63. The highest BCUT2D eigenvalue weighted by Crippen LogP contribution is 2.49. The second-order valence-electron chi connectivity index (χ2n) is 3.85. The summed E-state index contributed by atoms with van der Waals surface area (Å²) in [4.78, 5) is 11.3. The average molecular weight is 189 g/mol. The lowest BCUT2D eigenvalue weighted by Gasteiger charge is -2.10. The van der Waals surface area contributed by atoms with Gasteiger partial charge in [-0.05, 0) is 18.9 Å². The Labute approximate surface area is 81.8 Å². The number of hydrogen-bond acceptors (Lipinski definition) is 3. The minimum atomic E-state index is -0.0864. The van der Waals surface area contributed by atoms with Crippen molar-refractivity contribution in [3.05, 3.63) is 28.7 Å². The summed E-state index contributed by atoms with van der Waals surface area (Å²) in [5, 5.41) is 12.6. The summed E-state index contributed by atoms with van der Waals surface area (Å²) in [7, 11) is 0. The Morgan fingerprint density at radius 2 is 2.43 bits per heavy atom. The first-order chi connectivity index (χ1) is 6.76. The Morgan fingerprint density at radius 1 is 1.64 bits per heavy atom. The zero-order valence-electron chi connectivity index (χ0n) is 7.81. The van der Waals surface area contributed by atoms with Gasteiger partial charge in [0.25, 0.3) is 5.56 Å². The molecule has 0 amide bonds. The fourth-order valence-corrected chi connectivity index (χ4v) is 1.56. The summed E-state index contributed by atoms with van der Waals surface area (Å²) in [6.45, 7) is 0.584. The van der Waals surface area contributed by atoms with E-state index in [1.54, 1.807) is 12.3 Å². The van der Waals surface area contributed by atoms with E-state index in [1.807, 2.05) is 0 Å². The molecule has 0 unspecified atom stereocenters. The van der Waals surface area contributed by atoms with E-state index < -0.39 is 0 Å². The molecule has 4 heteroatoms. The van der Waals surface area contributed by atoms with Crippen LogP contribution in [0.1, 0.15) is 19.3 Å². The van der Waals surface area contributed by atoms with Gasteiger partial charge in [-0.3, -0.25) is 4.79 Å². The van der Waals surface area contributed by atoms with Gasteiger partial charge in [-0.2, -0.15) is 10.4 Å². The van der Waals surface area contributed by atoms with Crippen LogP contribution < -0.4 is 5.56 Å². The van der Waals surface area contributed by atoms with Gasteiger partial charge < -0.3 is 0 Å². The third kappa shape index (κ3) is 1.67. The van der Waals surface area contributed by atoms with Gasteiger partial charge in [0.05, 0.1) is 12.6 Å². The monoisotopic (exact) mass is 189 g/mol. The third-order valence-corrected chi connectivity index (χ3v) is 2.68. The third-order valence-electron chi connectivity index (χ3n) is 2.68. The largest absolute Gasteiger partial charge is 0.268 e. The molecule has 0 saturated heterocycles. The highest BCUT2D eigenvalue weighted by Gasteiger charge is 2.43. The fourth-order valence-electron chi connectivity index (χ4n) is 1.56. The lowest BCUT2D eigenvalue weighted by atomic mass is 10.0. The standard InChI is InChI=1S/C10H11N3O/c11-6-5-10(3-4-10)8-13-9(14)2-1-7-12-13/h1-2,7H,3-5,8H2. The van der Waals surface area contributed by atoms with Crippen molar-refractivity contribution in [1.82, 2.24) is 9.78 Å². The summed E-state index contributed by atoms with van der Waals surface area (Å²) < 4.78 is 1.45. The van der Waals surface area contributed by atoms with Crippen LogP contribution in [0.25, 0.3) is 0 Å². The quantitative estimate of drug-likeness (QED) is 0.710. The molecule has 0 aromatic carbocycles.